The van der Waals surface area contributed by atoms with Crippen LogP contribution in [0, 0.1) is 6.92 Å². The fourth-order valence-corrected chi connectivity index (χ4v) is 3.13. The lowest BCUT2D eigenvalue weighted by Crippen LogP contribution is -2.44. The van der Waals surface area contributed by atoms with E-state index in [1.54, 1.807) is 7.05 Å². The molecule has 1 fully saturated rings. The molecule has 0 radical (unpaired) electrons. The Morgan fingerprint density at radius 1 is 1.40 bits per heavy atom. The Balaban J connectivity index is 1.53. The molecule has 1 aromatic heterocycles. The minimum atomic E-state index is 0.339. The van der Waals surface area contributed by atoms with Crippen LogP contribution >= 0.6 is 11.6 Å². The first-order chi connectivity index (χ1) is 12.1. The monoisotopic (exact) mass is 361 g/mol. The standard InChI is InChI=1S/C17H24ClN7/c1-12-22-23-16(24(12)3)10-20-17(19-2)21-14-7-8-25(11-14)15-6-4-5-13(18)9-15/h4-6,9,14H,7-8,10-11H2,1-3H3,(H2,19,20,21). The van der Waals surface area contributed by atoms with Gasteiger partial charge in [0.1, 0.15) is 5.82 Å². The third-order valence-corrected chi connectivity index (χ3v) is 4.76. The number of anilines is 1. The summed E-state index contributed by atoms with van der Waals surface area (Å²) in [6.07, 6.45) is 1.05. The van der Waals surface area contributed by atoms with Crippen molar-refractivity contribution in [3.05, 3.63) is 40.9 Å². The molecule has 1 unspecified atom stereocenters. The quantitative estimate of drug-likeness (QED) is 0.641. The Kier molecular flexibility index (Phi) is 5.43. The van der Waals surface area contributed by atoms with Gasteiger partial charge in [-0.15, -0.1) is 10.2 Å². The van der Waals surface area contributed by atoms with Gasteiger partial charge in [-0.3, -0.25) is 4.99 Å². The van der Waals surface area contributed by atoms with Crippen molar-refractivity contribution < 1.29 is 0 Å². The highest BCUT2D eigenvalue weighted by Crippen LogP contribution is 2.23. The Morgan fingerprint density at radius 3 is 2.92 bits per heavy atom. The summed E-state index contributed by atoms with van der Waals surface area (Å²) in [7, 11) is 3.74. The van der Waals surface area contributed by atoms with E-state index in [4.69, 9.17) is 11.6 Å². The molecule has 3 rings (SSSR count). The maximum atomic E-state index is 6.10. The minimum Gasteiger partial charge on any atom is -0.369 e. The van der Waals surface area contributed by atoms with Crippen LogP contribution in [-0.2, 0) is 13.6 Å². The van der Waals surface area contributed by atoms with Crippen LogP contribution in [0.4, 0.5) is 5.69 Å². The highest BCUT2D eigenvalue weighted by atomic mass is 35.5. The summed E-state index contributed by atoms with van der Waals surface area (Å²) < 4.78 is 1.97. The minimum absolute atomic E-state index is 0.339. The second-order valence-corrected chi connectivity index (χ2v) is 6.64. The van der Waals surface area contributed by atoms with Gasteiger partial charge in [-0.05, 0) is 31.5 Å². The van der Waals surface area contributed by atoms with Crippen LogP contribution in [0.2, 0.25) is 5.02 Å². The van der Waals surface area contributed by atoms with Gasteiger partial charge in [-0.25, -0.2) is 0 Å². The molecule has 8 heteroatoms. The lowest BCUT2D eigenvalue weighted by molar-refractivity contribution is 0.639. The van der Waals surface area contributed by atoms with Gasteiger partial charge in [0.15, 0.2) is 11.8 Å². The van der Waals surface area contributed by atoms with Crippen LogP contribution in [0.15, 0.2) is 29.3 Å². The lowest BCUT2D eigenvalue weighted by Gasteiger charge is -2.20. The molecule has 1 aliphatic heterocycles. The number of guanidine groups is 1. The molecule has 2 aromatic rings. The maximum Gasteiger partial charge on any atom is 0.191 e. The van der Waals surface area contributed by atoms with E-state index in [0.29, 0.717) is 12.6 Å². The van der Waals surface area contributed by atoms with Gasteiger partial charge in [0.2, 0.25) is 0 Å². The van der Waals surface area contributed by atoms with Crippen LogP contribution < -0.4 is 15.5 Å². The third kappa shape index (κ3) is 4.22. The van der Waals surface area contributed by atoms with Crippen LogP contribution in [0.3, 0.4) is 0 Å². The highest BCUT2D eigenvalue weighted by molar-refractivity contribution is 6.30. The Hall–Kier alpha value is -2.28. The number of hydrogen-bond acceptors (Lipinski definition) is 4. The van der Waals surface area contributed by atoms with Crippen molar-refractivity contribution in [2.75, 3.05) is 25.0 Å². The van der Waals surface area contributed by atoms with Crippen LogP contribution in [-0.4, -0.2) is 46.9 Å². The molecule has 0 bridgehead atoms. The predicted molar refractivity (Wildman–Crippen MR) is 101 cm³/mol. The molecule has 0 aliphatic carbocycles. The Bertz CT molecular complexity index is 755. The molecule has 0 saturated carbocycles. The molecule has 25 heavy (non-hydrogen) atoms. The molecule has 2 N–H and O–H groups in total. The topological polar surface area (TPSA) is 70.4 Å². The molecule has 1 atom stereocenters. The fraction of sp³-hybridized carbons (Fsp3) is 0.471. The molecule has 1 aromatic carbocycles. The van der Waals surface area contributed by atoms with E-state index in [-0.39, 0.29) is 0 Å². The molecule has 0 amide bonds. The number of aryl methyl sites for hydroxylation is 1. The molecule has 134 valence electrons. The van der Waals surface area contributed by atoms with E-state index < -0.39 is 0 Å². The lowest BCUT2D eigenvalue weighted by atomic mass is 10.3. The average Bonchev–Trinajstić information content (AvgIpc) is 3.20. The molecule has 2 heterocycles. The van der Waals surface area contributed by atoms with E-state index in [1.165, 1.54) is 0 Å². The smallest absolute Gasteiger partial charge is 0.191 e. The number of aromatic nitrogens is 3. The first-order valence-electron chi connectivity index (χ1n) is 8.39. The van der Waals surface area contributed by atoms with Gasteiger partial charge in [0.25, 0.3) is 0 Å². The van der Waals surface area contributed by atoms with Gasteiger partial charge >= 0.3 is 0 Å². The van der Waals surface area contributed by atoms with Gasteiger partial charge in [-0.2, -0.15) is 0 Å². The van der Waals surface area contributed by atoms with Crippen molar-refractivity contribution >= 4 is 23.2 Å². The third-order valence-electron chi connectivity index (χ3n) is 4.52. The molecule has 7 nitrogen and oxygen atoms in total. The van der Waals surface area contributed by atoms with E-state index in [1.807, 2.05) is 36.7 Å². The predicted octanol–water partition coefficient (Wildman–Crippen LogP) is 1.72. The van der Waals surface area contributed by atoms with Gasteiger partial charge in [-0.1, -0.05) is 17.7 Å². The van der Waals surface area contributed by atoms with E-state index in [9.17, 15) is 0 Å². The molecular formula is C17H24ClN7. The highest BCUT2D eigenvalue weighted by Gasteiger charge is 2.23. The number of benzene rings is 1. The van der Waals surface area contributed by atoms with Crippen molar-refractivity contribution in [1.29, 1.82) is 0 Å². The van der Waals surface area contributed by atoms with E-state index in [0.717, 1.165) is 47.8 Å². The zero-order valence-electron chi connectivity index (χ0n) is 14.8. The maximum absolute atomic E-state index is 6.10. The molecule has 1 saturated heterocycles. The Morgan fingerprint density at radius 2 is 2.24 bits per heavy atom. The summed E-state index contributed by atoms with van der Waals surface area (Å²) in [6.45, 7) is 4.44. The number of halogens is 1. The van der Waals surface area contributed by atoms with Crippen LogP contribution in [0.1, 0.15) is 18.1 Å². The molecule has 1 aliphatic rings. The fourth-order valence-electron chi connectivity index (χ4n) is 2.94. The van der Waals surface area contributed by atoms with Gasteiger partial charge in [0, 0.05) is 43.9 Å². The largest absolute Gasteiger partial charge is 0.369 e. The SMILES string of the molecule is CN=C(NCc1nnc(C)n1C)NC1CCN(c2cccc(Cl)c2)C1. The van der Waals surface area contributed by atoms with Crippen molar-refractivity contribution in [3.8, 4) is 0 Å². The molecular weight excluding hydrogens is 338 g/mol. The number of nitrogens with zero attached hydrogens (tertiary/aromatic N) is 5. The van der Waals surface area contributed by atoms with Gasteiger partial charge < -0.3 is 20.1 Å². The summed E-state index contributed by atoms with van der Waals surface area (Å²) in [5.41, 5.74) is 1.16. The summed E-state index contributed by atoms with van der Waals surface area (Å²) in [5, 5.41) is 15.8. The van der Waals surface area contributed by atoms with Crippen molar-refractivity contribution in [1.82, 2.24) is 25.4 Å². The van der Waals surface area contributed by atoms with Crippen molar-refractivity contribution in [2.24, 2.45) is 12.0 Å². The van der Waals surface area contributed by atoms with Gasteiger partial charge in [0.05, 0.1) is 6.54 Å². The summed E-state index contributed by atoms with van der Waals surface area (Å²) in [5.74, 6) is 2.55. The first-order valence-corrected chi connectivity index (χ1v) is 8.77. The summed E-state index contributed by atoms with van der Waals surface area (Å²) in [4.78, 5) is 6.65. The number of hydrogen-bond donors (Lipinski definition) is 2. The number of nitrogens with one attached hydrogen (secondary N) is 2. The second kappa shape index (κ2) is 7.74. The molecule has 0 spiro atoms. The average molecular weight is 362 g/mol. The Labute approximate surface area is 153 Å². The normalized spacial score (nSPS) is 17.8. The zero-order chi connectivity index (χ0) is 17.8. The van der Waals surface area contributed by atoms with E-state index in [2.05, 4.69) is 36.8 Å². The van der Waals surface area contributed by atoms with Crippen LogP contribution in [0.5, 0.6) is 0 Å². The number of aliphatic imine (C=N–C) groups is 1. The van der Waals surface area contributed by atoms with Crippen LogP contribution in [0.25, 0.3) is 0 Å². The van der Waals surface area contributed by atoms with Crippen molar-refractivity contribution in [2.45, 2.75) is 25.9 Å². The summed E-state index contributed by atoms with van der Waals surface area (Å²) in [6, 6.07) is 8.33. The second-order valence-electron chi connectivity index (χ2n) is 6.20. The number of rotatable bonds is 4. The van der Waals surface area contributed by atoms with Crippen molar-refractivity contribution in [3.63, 3.8) is 0 Å². The van der Waals surface area contributed by atoms with E-state index >= 15 is 0 Å². The summed E-state index contributed by atoms with van der Waals surface area (Å²) >= 11 is 6.10. The first kappa shape index (κ1) is 17.5. The zero-order valence-corrected chi connectivity index (χ0v) is 15.6.